The maximum atomic E-state index is 12.2. The third-order valence-corrected chi connectivity index (χ3v) is 5.04. The van der Waals surface area contributed by atoms with Crippen LogP contribution in [-0.2, 0) is 17.8 Å². The van der Waals surface area contributed by atoms with E-state index in [0.29, 0.717) is 18.2 Å². The minimum Gasteiger partial charge on any atom is -0.493 e. The van der Waals surface area contributed by atoms with Crippen LogP contribution >= 0.6 is 22.9 Å². The molecule has 6 heteroatoms. The number of carbonyl (C=O) groups excluding carboxylic acids is 1. The normalized spacial score (nSPS) is 10.5. The molecule has 134 valence electrons. The van der Waals surface area contributed by atoms with Gasteiger partial charge in [0.15, 0.2) is 0 Å². The molecule has 2 aromatic carbocycles. The molecule has 0 fully saturated rings. The van der Waals surface area contributed by atoms with Gasteiger partial charge in [0.1, 0.15) is 10.8 Å². The summed E-state index contributed by atoms with van der Waals surface area (Å²) < 4.78 is 5.66. The number of aromatic nitrogens is 1. The molecule has 0 saturated heterocycles. The third kappa shape index (κ3) is 4.62. The van der Waals surface area contributed by atoms with E-state index in [4.69, 9.17) is 16.3 Å². The lowest BCUT2D eigenvalue weighted by atomic mass is 10.2. The molecule has 0 bridgehead atoms. The second-order valence-corrected chi connectivity index (χ2v) is 6.88. The topological polar surface area (TPSA) is 51.2 Å². The number of thiazole rings is 1. The Morgan fingerprint density at radius 1 is 1.19 bits per heavy atom. The van der Waals surface area contributed by atoms with Gasteiger partial charge in [-0.15, -0.1) is 11.3 Å². The average molecular weight is 387 g/mol. The number of hydrogen-bond donors (Lipinski definition) is 1. The first-order chi connectivity index (χ1) is 12.7. The highest BCUT2D eigenvalue weighted by atomic mass is 35.5. The highest BCUT2D eigenvalue weighted by Crippen LogP contribution is 2.32. The Morgan fingerprint density at radius 3 is 2.77 bits per heavy atom. The fraction of sp³-hybridized carbons (Fsp3) is 0.200. The summed E-state index contributed by atoms with van der Waals surface area (Å²) in [6.07, 6.45) is 0.234. The van der Waals surface area contributed by atoms with Gasteiger partial charge in [-0.05, 0) is 30.7 Å². The first-order valence-corrected chi connectivity index (χ1v) is 9.60. The lowest BCUT2D eigenvalue weighted by molar-refractivity contribution is -0.120. The monoisotopic (exact) mass is 386 g/mol. The Labute approximate surface area is 161 Å². The number of nitrogens with one attached hydrogen (secondary N) is 1. The van der Waals surface area contributed by atoms with Gasteiger partial charge in [-0.2, -0.15) is 0 Å². The molecule has 3 rings (SSSR count). The van der Waals surface area contributed by atoms with Crippen LogP contribution in [0.1, 0.15) is 18.2 Å². The van der Waals surface area contributed by atoms with Gasteiger partial charge < -0.3 is 10.1 Å². The van der Waals surface area contributed by atoms with Crippen LogP contribution in [-0.4, -0.2) is 17.5 Å². The van der Waals surface area contributed by atoms with Crippen molar-refractivity contribution in [3.8, 4) is 16.3 Å². The molecule has 3 aromatic rings. The molecule has 1 heterocycles. The van der Waals surface area contributed by atoms with E-state index in [0.717, 1.165) is 27.6 Å². The fourth-order valence-corrected chi connectivity index (χ4v) is 3.55. The molecule has 0 aliphatic carbocycles. The summed E-state index contributed by atoms with van der Waals surface area (Å²) in [5, 5.41) is 6.29. The van der Waals surface area contributed by atoms with Crippen molar-refractivity contribution >= 4 is 28.8 Å². The molecule has 0 radical (unpaired) electrons. The number of amides is 1. The Hall–Kier alpha value is -2.37. The maximum Gasteiger partial charge on any atom is 0.226 e. The van der Waals surface area contributed by atoms with E-state index in [-0.39, 0.29) is 12.3 Å². The molecular weight excluding hydrogens is 368 g/mol. The van der Waals surface area contributed by atoms with Gasteiger partial charge in [-0.1, -0.05) is 41.9 Å². The summed E-state index contributed by atoms with van der Waals surface area (Å²) >= 11 is 7.62. The SMILES string of the molecule is CCOc1ccccc1-c1nc(CC(=O)NCc2ccccc2Cl)cs1. The second-order valence-electron chi connectivity index (χ2n) is 5.62. The van der Waals surface area contributed by atoms with Crippen molar-refractivity contribution in [2.45, 2.75) is 19.9 Å². The number of hydrogen-bond acceptors (Lipinski definition) is 4. The molecule has 1 aromatic heterocycles. The largest absolute Gasteiger partial charge is 0.493 e. The van der Waals surface area contributed by atoms with Crippen LogP contribution < -0.4 is 10.1 Å². The van der Waals surface area contributed by atoms with Gasteiger partial charge >= 0.3 is 0 Å². The average Bonchev–Trinajstić information content (AvgIpc) is 3.10. The zero-order valence-electron chi connectivity index (χ0n) is 14.4. The number of halogens is 1. The summed E-state index contributed by atoms with van der Waals surface area (Å²) in [6.45, 7) is 2.95. The van der Waals surface area contributed by atoms with Gasteiger partial charge in [-0.25, -0.2) is 4.98 Å². The number of rotatable bonds is 7. The minimum atomic E-state index is -0.0835. The smallest absolute Gasteiger partial charge is 0.226 e. The lowest BCUT2D eigenvalue weighted by Crippen LogP contribution is -2.24. The van der Waals surface area contributed by atoms with Crippen molar-refractivity contribution in [2.75, 3.05) is 6.61 Å². The summed E-state index contributed by atoms with van der Waals surface area (Å²) in [7, 11) is 0. The molecule has 26 heavy (non-hydrogen) atoms. The standard InChI is InChI=1S/C20H19ClN2O2S/c1-2-25-18-10-6-4-8-16(18)20-23-15(13-26-20)11-19(24)22-12-14-7-3-5-9-17(14)21/h3-10,13H,2,11-12H2,1H3,(H,22,24). The quantitative estimate of drug-likeness (QED) is 0.639. The van der Waals surface area contributed by atoms with E-state index in [2.05, 4.69) is 10.3 Å². The van der Waals surface area contributed by atoms with Crippen molar-refractivity contribution in [3.05, 3.63) is 70.2 Å². The van der Waals surface area contributed by atoms with Crippen molar-refractivity contribution in [2.24, 2.45) is 0 Å². The summed E-state index contributed by atoms with van der Waals surface area (Å²) in [6, 6.07) is 15.3. The molecule has 0 atom stereocenters. The third-order valence-electron chi connectivity index (χ3n) is 3.74. The number of benzene rings is 2. The summed E-state index contributed by atoms with van der Waals surface area (Å²) in [5.41, 5.74) is 2.59. The lowest BCUT2D eigenvalue weighted by Gasteiger charge is -2.07. The summed E-state index contributed by atoms with van der Waals surface area (Å²) in [5.74, 6) is 0.721. The number of nitrogens with zero attached hydrogens (tertiary/aromatic N) is 1. The number of carbonyl (C=O) groups is 1. The Balaban J connectivity index is 1.63. The van der Waals surface area contributed by atoms with Crippen LogP contribution in [0.5, 0.6) is 5.75 Å². The zero-order valence-corrected chi connectivity index (χ0v) is 15.9. The predicted molar refractivity (Wildman–Crippen MR) is 106 cm³/mol. The minimum absolute atomic E-state index is 0.0835. The fourth-order valence-electron chi connectivity index (χ4n) is 2.50. The molecule has 1 amide bonds. The summed E-state index contributed by atoms with van der Waals surface area (Å²) in [4.78, 5) is 16.8. The van der Waals surface area contributed by atoms with Gasteiger partial charge in [0.2, 0.25) is 5.91 Å². The van der Waals surface area contributed by atoms with E-state index in [1.165, 1.54) is 11.3 Å². The van der Waals surface area contributed by atoms with Crippen LogP contribution in [0, 0.1) is 0 Å². The van der Waals surface area contributed by atoms with Crippen molar-refractivity contribution < 1.29 is 9.53 Å². The van der Waals surface area contributed by atoms with Crippen molar-refractivity contribution in [1.29, 1.82) is 0 Å². The molecule has 0 aliphatic heterocycles. The molecular formula is C20H19ClN2O2S. The molecule has 4 nitrogen and oxygen atoms in total. The zero-order chi connectivity index (χ0) is 18.4. The maximum absolute atomic E-state index is 12.2. The first kappa shape index (κ1) is 18.4. The van der Waals surface area contributed by atoms with Gasteiger partial charge in [0.25, 0.3) is 0 Å². The first-order valence-electron chi connectivity index (χ1n) is 8.34. The van der Waals surface area contributed by atoms with Crippen LogP contribution in [0.2, 0.25) is 5.02 Å². The Morgan fingerprint density at radius 2 is 1.96 bits per heavy atom. The van der Waals surface area contributed by atoms with Crippen LogP contribution in [0.4, 0.5) is 0 Å². The van der Waals surface area contributed by atoms with E-state index < -0.39 is 0 Å². The molecule has 0 unspecified atom stereocenters. The molecule has 0 spiro atoms. The van der Waals surface area contributed by atoms with E-state index in [1.807, 2.05) is 60.8 Å². The number of ether oxygens (including phenoxy) is 1. The predicted octanol–water partition coefficient (Wildman–Crippen LogP) is 4.72. The van der Waals surface area contributed by atoms with E-state index in [1.54, 1.807) is 0 Å². The Bertz CT molecular complexity index is 895. The van der Waals surface area contributed by atoms with Crippen molar-refractivity contribution in [1.82, 2.24) is 10.3 Å². The highest BCUT2D eigenvalue weighted by Gasteiger charge is 2.12. The van der Waals surface area contributed by atoms with Gasteiger partial charge in [0.05, 0.1) is 24.3 Å². The molecule has 0 aliphatic rings. The molecule has 1 N–H and O–H groups in total. The van der Waals surface area contributed by atoms with E-state index >= 15 is 0 Å². The number of para-hydroxylation sites is 1. The second kappa shape index (κ2) is 8.83. The van der Waals surface area contributed by atoms with Gasteiger partial charge in [-0.3, -0.25) is 4.79 Å². The van der Waals surface area contributed by atoms with Gasteiger partial charge in [0, 0.05) is 16.9 Å². The van der Waals surface area contributed by atoms with E-state index in [9.17, 15) is 4.79 Å². The van der Waals surface area contributed by atoms with Crippen LogP contribution in [0.15, 0.2) is 53.9 Å². The van der Waals surface area contributed by atoms with Crippen LogP contribution in [0.25, 0.3) is 10.6 Å². The highest BCUT2D eigenvalue weighted by molar-refractivity contribution is 7.13. The molecule has 0 saturated carbocycles. The Kier molecular flexibility index (Phi) is 6.26. The van der Waals surface area contributed by atoms with Crippen LogP contribution in [0.3, 0.4) is 0 Å². The van der Waals surface area contributed by atoms with Crippen molar-refractivity contribution in [3.63, 3.8) is 0 Å².